The quantitative estimate of drug-likeness (QED) is 0.267. The zero-order chi connectivity index (χ0) is 29.2. The van der Waals surface area contributed by atoms with Crippen molar-refractivity contribution >= 4 is 51.4 Å². The summed E-state index contributed by atoms with van der Waals surface area (Å²) in [5, 5.41) is 2.86. The molecule has 11 nitrogen and oxygen atoms in total. The number of hydrogen-bond donors (Lipinski definition) is 1. The topological polar surface area (TPSA) is 138 Å². The summed E-state index contributed by atoms with van der Waals surface area (Å²) in [5.41, 5.74) is -3.27. The van der Waals surface area contributed by atoms with E-state index < -0.39 is 52.7 Å². The minimum Gasteiger partial charge on any atom is -0.469 e. The van der Waals surface area contributed by atoms with Crippen molar-refractivity contribution in [2.45, 2.75) is 31.5 Å². The van der Waals surface area contributed by atoms with E-state index in [1.807, 2.05) is 24.3 Å². The molecule has 40 heavy (non-hydrogen) atoms. The van der Waals surface area contributed by atoms with Crippen LogP contribution in [-0.4, -0.2) is 62.8 Å². The zero-order valence-electron chi connectivity index (χ0n) is 22.4. The van der Waals surface area contributed by atoms with E-state index in [1.54, 1.807) is 24.3 Å². The number of ether oxygens (including phenoxy) is 4. The minimum absolute atomic E-state index is 0.0727. The second-order valence-electron chi connectivity index (χ2n) is 9.18. The monoisotopic (exact) mass is 616 g/mol. The van der Waals surface area contributed by atoms with E-state index in [2.05, 4.69) is 21.2 Å². The third kappa shape index (κ3) is 4.26. The summed E-state index contributed by atoms with van der Waals surface area (Å²) in [6.45, 7) is 2.78. The van der Waals surface area contributed by atoms with Gasteiger partial charge in [0.15, 0.2) is 0 Å². The molecule has 1 fully saturated rings. The van der Waals surface area contributed by atoms with E-state index in [-0.39, 0.29) is 25.3 Å². The van der Waals surface area contributed by atoms with Crippen molar-refractivity contribution in [2.24, 2.45) is 11.8 Å². The number of rotatable bonds is 8. The number of fused-ring (bicyclic) bond motifs is 2. The first-order valence-electron chi connectivity index (χ1n) is 12.6. The summed E-state index contributed by atoms with van der Waals surface area (Å²) in [4.78, 5) is 70.4. The molecule has 2 aromatic rings. The van der Waals surface area contributed by atoms with Gasteiger partial charge in [-0.05, 0) is 31.5 Å². The van der Waals surface area contributed by atoms with Gasteiger partial charge in [0.2, 0.25) is 5.54 Å². The Labute approximate surface area is 239 Å². The first-order valence-corrected chi connectivity index (χ1v) is 13.4. The van der Waals surface area contributed by atoms with Gasteiger partial charge >= 0.3 is 23.9 Å². The fourth-order valence-corrected chi connectivity index (χ4v) is 6.04. The maximum absolute atomic E-state index is 14.6. The highest BCUT2D eigenvalue weighted by molar-refractivity contribution is 9.10. The lowest BCUT2D eigenvalue weighted by Gasteiger charge is -2.31. The summed E-state index contributed by atoms with van der Waals surface area (Å²) in [5.74, 6) is -8.75. The smallest absolute Gasteiger partial charge is 0.339 e. The van der Waals surface area contributed by atoms with Crippen LogP contribution in [0.5, 0.6) is 0 Å². The number of esters is 4. The van der Waals surface area contributed by atoms with Crippen LogP contribution in [0.4, 0.5) is 5.69 Å². The molecule has 1 saturated heterocycles. The normalized spacial score (nSPS) is 22.5. The van der Waals surface area contributed by atoms with Crippen molar-refractivity contribution in [1.29, 1.82) is 0 Å². The number of carbonyl (C=O) groups is 5. The summed E-state index contributed by atoms with van der Waals surface area (Å²) < 4.78 is 21.3. The number of carbonyl (C=O) groups excluding carboxylic acids is 5. The van der Waals surface area contributed by atoms with E-state index >= 15 is 0 Å². The maximum atomic E-state index is 14.6. The van der Waals surface area contributed by atoms with E-state index in [9.17, 15) is 24.0 Å². The molecule has 2 aliphatic rings. The third-order valence-corrected chi connectivity index (χ3v) is 8.03. The van der Waals surface area contributed by atoms with Crippen LogP contribution in [0.15, 0.2) is 53.0 Å². The molecule has 212 valence electrons. The summed E-state index contributed by atoms with van der Waals surface area (Å²) in [7, 11) is 2.13. The summed E-state index contributed by atoms with van der Waals surface area (Å²) in [6.07, 6.45) is 0. The molecular formula is C28H29BrN2O9. The van der Waals surface area contributed by atoms with Crippen LogP contribution in [0.3, 0.4) is 0 Å². The molecule has 0 aliphatic carbocycles. The van der Waals surface area contributed by atoms with E-state index in [1.165, 1.54) is 18.7 Å². The van der Waals surface area contributed by atoms with Crippen molar-refractivity contribution in [3.05, 3.63) is 64.1 Å². The average molecular weight is 617 g/mol. The molecule has 3 atom stereocenters. The molecule has 0 aromatic heterocycles. The van der Waals surface area contributed by atoms with Crippen molar-refractivity contribution in [1.82, 2.24) is 5.32 Å². The van der Waals surface area contributed by atoms with Crippen LogP contribution in [0.1, 0.15) is 25.0 Å². The number of hydrogen-bond acceptors (Lipinski definition) is 10. The van der Waals surface area contributed by atoms with Crippen LogP contribution in [0.25, 0.3) is 0 Å². The Bertz CT molecular complexity index is 1340. The van der Waals surface area contributed by atoms with Gasteiger partial charge in [-0.25, -0.2) is 9.59 Å². The molecule has 2 aliphatic heterocycles. The summed E-state index contributed by atoms with van der Waals surface area (Å²) in [6, 6.07) is 13.9. The lowest BCUT2D eigenvalue weighted by molar-refractivity contribution is -0.175. The predicted octanol–water partition coefficient (Wildman–Crippen LogP) is 2.24. The molecule has 4 rings (SSSR count). The third-order valence-electron chi connectivity index (χ3n) is 7.25. The first-order chi connectivity index (χ1) is 19.1. The summed E-state index contributed by atoms with van der Waals surface area (Å²) >= 11 is 3.50. The van der Waals surface area contributed by atoms with Gasteiger partial charge in [-0.15, -0.1) is 0 Å². The Morgan fingerprint density at radius 2 is 1.43 bits per heavy atom. The van der Waals surface area contributed by atoms with Crippen LogP contribution in [-0.2, 0) is 55.0 Å². The molecule has 2 aromatic carbocycles. The number of amides is 1. The Morgan fingerprint density at radius 1 is 0.875 bits per heavy atom. The molecule has 1 N–H and O–H groups in total. The average Bonchev–Trinajstić information content (AvgIpc) is 3.41. The van der Waals surface area contributed by atoms with Crippen molar-refractivity contribution in [2.75, 3.05) is 32.3 Å². The molecule has 2 heterocycles. The zero-order valence-corrected chi connectivity index (χ0v) is 24.0. The van der Waals surface area contributed by atoms with Gasteiger partial charge in [0.25, 0.3) is 5.91 Å². The Morgan fingerprint density at radius 3 is 2.00 bits per heavy atom. The lowest BCUT2D eigenvalue weighted by atomic mass is 9.72. The molecule has 1 amide bonds. The number of methoxy groups -OCH3 is 2. The molecule has 0 radical (unpaired) electrons. The van der Waals surface area contributed by atoms with Gasteiger partial charge in [0.05, 0.1) is 34.0 Å². The standard InChI is InChI=1S/C28H29BrN2O9/c1-5-39-25(35)28(26(36)40-6-2)21(23(33)38-4)20(22(32)37-3)27(30-28)17-12-8-10-14-19(17)31(24(27)34)15-16-11-7-9-13-18(16)29/h7-14,20-21,30H,5-6,15H2,1-4H3/t20-,21+,27+/m0/s1. The molecular weight excluding hydrogens is 588 g/mol. The largest absolute Gasteiger partial charge is 0.469 e. The first kappa shape index (κ1) is 29.2. The van der Waals surface area contributed by atoms with Gasteiger partial charge in [-0.2, -0.15) is 0 Å². The van der Waals surface area contributed by atoms with E-state index in [0.29, 0.717) is 5.69 Å². The lowest BCUT2D eigenvalue weighted by Crippen LogP contribution is -2.65. The van der Waals surface area contributed by atoms with Crippen molar-refractivity contribution in [3.63, 3.8) is 0 Å². The highest BCUT2D eigenvalue weighted by Gasteiger charge is 2.78. The second-order valence-corrected chi connectivity index (χ2v) is 10.0. The maximum Gasteiger partial charge on any atom is 0.339 e. The number of nitrogens with one attached hydrogen (secondary N) is 1. The molecule has 0 unspecified atom stereocenters. The highest BCUT2D eigenvalue weighted by atomic mass is 79.9. The van der Waals surface area contributed by atoms with Crippen LogP contribution >= 0.6 is 15.9 Å². The predicted molar refractivity (Wildman–Crippen MR) is 144 cm³/mol. The van der Waals surface area contributed by atoms with Crippen molar-refractivity contribution in [3.8, 4) is 0 Å². The Balaban J connectivity index is 2.03. The molecule has 1 spiro atoms. The van der Waals surface area contributed by atoms with Gasteiger partial charge in [0.1, 0.15) is 17.4 Å². The fraction of sp³-hybridized carbons (Fsp3) is 0.393. The minimum atomic E-state index is -2.61. The molecule has 0 bridgehead atoms. The van der Waals surface area contributed by atoms with Gasteiger partial charge in [-0.3, -0.25) is 19.7 Å². The molecule has 12 heteroatoms. The van der Waals surface area contributed by atoms with E-state index in [4.69, 9.17) is 18.9 Å². The SMILES string of the molecule is CCOC(=O)C1(C(=O)OCC)N[C@@]2(C(=O)N(Cc3ccccc3Br)c3ccccc32)[C@H](C(=O)OC)[C@@H]1C(=O)OC. The highest BCUT2D eigenvalue weighted by Crippen LogP contribution is 2.56. The van der Waals surface area contributed by atoms with E-state index in [0.717, 1.165) is 24.3 Å². The Hall–Kier alpha value is -3.77. The number of halogens is 1. The van der Waals surface area contributed by atoms with Crippen LogP contribution in [0, 0.1) is 11.8 Å². The number of nitrogens with zero attached hydrogens (tertiary/aromatic N) is 1. The second kappa shape index (κ2) is 11.4. The Kier molecular flexibility index (Phi) is 8.31. The van der Waals surface area contributed by atoms with Gasteiger partial charge in [-0.1, -0.05) is 52.3 Å². The number of benzene rings is 2. The fourth-order valence-electron chi connectivity index (χ4n) is 5.63. The number of anilines is 1. The van der Waals surface area contributed by atoms with Crippen LogP contribution < -0.4 is 10.2 Å². The van der Waals surface area contributed by atoms with Crippen molar-refractivity contribution < 1.29 is 42.9 Å². The molecule has 0 saturated carbocycles. The number of para-hydroxylation sites is 1. The van der Waals surface area contributed by atoms with Gasteiger partial charge in [0, 0.05) is 15.7 Å². The van der Waals surface area contributed by atoms with Gasteiger partial charge < -0.3 is 23.8 Å². The van der Waals surface area contributed by atoms with Crippen LogP contribution in [0.2, 0.25) is 0 Å².